The molecule has 0 atom stereocenters. The van der Waals surface area contributed by atoms with E-state index in [2.05, 4.69) is 59.7 Å². The van der Waals surface area contributed by atoms with Crippen molar-refractivity contribution in [3.8, 4) is 0 Å². The zero-order valence-corrected chi connectivity index (χ0v) is 12.6. The molecule has 1 nitrogen and oxygen atoms in total. The quantitative estimate of drug-likeness (QED) is 0.841. The highest BCUT2D eigenvalue weighted by molar-refractivity contribution is 5.50. The smallest absolute Gasteiger partial charge is 0.0471 e. The number of hydrogen-bond donors (Lipinski definition) is 1. The molecule has 18 heavy (non-hydrogen) atoms. The first-order valence-electron chi connectivity index (χ1n) is 6.91. The van der Waals surface area contributed by atoms with Crippen LogP contribution in [0.15, 0.2) is 18.2 Å². The Labute approximate surface area is 111 Å². The molecule has 1 N–H and O–H groups in total. The fourth-order valence-electron chi connectivity index (χ4n) is 3.39. The molecule has 1 heteroatoms. The Morgan fingerprint density at radius 2 is 1.44 bits per heavy atom. The molecule has 1 aromatic carbocycles. The van der Waals surface area contributed by atoms with E-state index < -0.39 is 0 Å². The van der Waals surface area contributed by atoms with Gasteiger partial charge in [-0.1, -0.05) is 59.7 Å². The average molecular weight is 246 g/mol. The molecule has 2 rings (SSSR count). The van der Waals surface area contributed by atoms with Gasteiger partial charge in [0.1, 0.15) is 0 Å². The van der Waals surface area contributed by atoms with E-state index in [4.69, 9.17) is 5.11 Å². The van der Waals surface area contributed by atoms with Gasteiger partial charge in [0.2, 0.25) is 0 Å². The minimum Gasteiger partial charge on any atom is -0.396 e. The molecule has 0 radical (unpaired) electrons. The number of rotatable bonds is 2. The van der Waals surface area contributed by atoms with Crippen LogP contribution in [0.2, 0.25) is 0 Å². The van der Waals surface area contributed by atoms with Crippen LogP contribution in [-0.2, 0) is 17.3 Å². The van der Waals surface area contributed by atoms with Gasteiger partial charge in [0.15, 0.2) is 0 Å². The van der Waals surface area contributed by atoms with Crippen molar-refractivity contribution in [2.45, 2.75) is 58.8 Å². The van der Waals surface area contributed by atoms with Crippen LogP contribution in [0.3, 0.4) is 0 Å². The fraction of sp³-hybridized carbons (Fsp3) is 0.647. The van der Waals surface area contributed by atoms with Gasteiger partial charge >= 0.3 is 0 Å². The SMILES string of the molecule is CC1(C)c2ccc(CCO)cc2C(C)(C)C1(C)C. The molecule has 100 valence electrons. The van der Waals surface area contributed by atoms with Gasteiger partial charge < -0.3 is 5.11 Å². The number of fused-ring (bicyclic) bond motifs is 1. The predicted molar refractivity (Wildman–Crippen MR) is 77.1 cm³/mol. The van der Waals surface area contributed by atoms with Crippen LogP contribution in [0.5, 0.6) is 0 Å². The third-order valence-electron chi connectivity index (χ3n) is 5.96. The monoisotopic (exact) mass is 246 g/mol. The van der Waals surface area contributed by atoms with Crippen molar-refractivity contribution < 1.29 is 5.11 Å². The second-order valence-electron chi connectivity index (χ2n) is 7.23. The summed E-state index contributed by atoms with van der Waals surface area (Å²) in [5, 5.41) is 9.10. The first-order valence-corrected chi connectivity index (χ1v) is 6.91. The summed E-state index contributed by atoms with van der Waals surface area (Å²) in [4.78, 5) is 0. The van der Waals surface area contributed by atoms with Gasteiger partial charge in [-0.05, 0) is 39.4 Å². The van der Waals surface area contributed by atoms with E-state index in [1.807, 2.05) is 0 Å². The van der Waals surface area contributed by atoms with Gasteiger partial charge in [0.25, 0.3) is 0 Å². The summed E-state index contributed by atoms with van der Waals surface area (Å²) < 4.78 is 0. The van der Waals surface area contributed by atoms with Gasteiger partial charge in [0.05, 0.1) is 0 Å². The molecule has 0 aromatic heterocycles. The first kappa shape index (κ1) is 13.6. The Kier molecular flexibility index (Phi) is 2.90. The molecule has 0 fully saturated rings. The van der Waals surface area contributed by atoms with E-state index >= 15 is 0 Å². The second-order valence-corrected chi connectivity index (χ2v) is 7.23. The standard InChI is InChI=1S/C17H26O/c1-15(2)13-8-7-12(9-10-18)11-14(13)16(3,4)17(15,5)6/h7-8,11,18H,9-10H2,1-6H3. The number of aliphatic hydroxyl groups is 1. The zero-order chi connectivity index (χ0) is 13.8. The Hall–Kier alpha value is -0.820. The van der Waals surface area contributed by atoms with Crippen molar-refractivity contribution in [1.82, 2.24) is 0 Å². The highest BCUT2D eigenvalue weighted by Crippen LogP contribution is 2.61. The van der Waals surface area contributed by atoms with E-state index in [0.29, 0.717) is 0 Å². The summed E-state index contributed by atoms with van der Waals surface area (Å²) in [6.45, 7) is 14.4. The summed E-state index contributed by atoms with van der Waals surface area (Å²) >= 11 is 0. The van der Waals surface area contributed by atoms with E-state index in [-0.39, 0.29) is 22.9 Å². The van der Waals surface area contributed by atoms with Crippen molar-refractivity contribution >= 4 is 0 Å². The van der Waals surface area contributed by atoms with Gasteiger partial charge in [-0.15, -0.1) is 0 Å². The zero-order valence-electron chi connectivity index (χ0n) is 12.6. The average Bonchev–Trinajstić information content (AvgIpc) is 2.37. The lowest BCUT2D eigenvalue weighted by atomic mass is 9.59. The fourth-order valence-corrected chi connectivity index (χ4v) is 3.39. The third-order valence-corrected chi connectivity index (χ3v) is 5.96. The molecule has 0 bridgehead atoms. The van der Waals surface area contributed by atoms with E-state index in [1.54, 1.807) is 0 Å². The van der Waals surface area contributed by atoms with Crippen LogP contribution in [0.25, 0.3) is 0 Å². The number of hydrogen-bond acceptors (Lipinski definition) is 1. The molecule has 1 aromatic rings. The van der Waals surface area contributed by atoms with E-state index in [0.717, 1.165) is 6.42 Å². The van der Waals surface area contributed by atoms with Crippen LogP contribution >= 0.6 is 0 Å². The van der Waals surface area contributed by atoms with Crippen molar-refractivity contribution in [3.63, 3.8) is 0 Å². The maximum atomic E-state index is 9.10. The molecule has 0 unspecified atom stereocenters. The Bertz CT molecular complexity index is 466. The van der Waals surface area contributed by atoms with Crippen LogP contribution in [0, 0.1) is 5.41 Å². The topological polar surface area (TPSA) is 20.2 Å². The molecule has 1 aliphatic carbocycles. The van der Waals surface area contributed by atoms with Gasteiger partial charge in [0, 0.05) is 6.61 Å². The summed E-state index contributed by atoms with van der Waals surface area (Å²) in [5.74, 6) is 0. The molecule has 0 spiro atoms. The third kappa shape index (κ3) is 1.50. The van der Waals surface area contributed by atoms with Crippen LogP contribution in [-0.4, -0.2) is 11.7 Å². The van der Waals surface area contributed by atoms with Crippen molar-refractivity contribution in [3.05, 3.63) is 34.9 Å². The molecule has 0 aliphatic heterocycles. The maximum absolute atomic E-state index is 9.10. The van der Waals surface area contributed by atoms with E-state index in [1.165, 1.54) is 16.7 Å². The predicted octanol–water partition coefficient (Wildman–Crippen LogP) is 3.82. The summed E-state index contributed by atoms with van der Waals surface area (Å²) in [6.07, 6.45) is 0.754. The molecule has 0 amide bonds. The molecular formula is C17H26O. The van der Waals surface area contributed by atoms with Crippen LogP contribution in [0.4, 0.5) is 0 Å². The maximum Gasteiger partial charge on any atom is 0.0471 e. The molecule has 1 aliphatic rings. The summed E-state index contributed by atoms with van der Waals surface area (Å²) in [7, 11) is 0. The largest absolute Gasteiger partial charge is 0.396 e. The molecule has 0 saturated heterocycles. The van der Waals surface area contributed by atoms with Gasteiger partial charge in [-0.3, -0.25) is 0 Å². The second kappa shape index (κ2) is 3.84. The Morgan fingerprint density at radius 1 is 0.889 bits per heavy atom. The lowest BCUT2D eigenvalue weighted by Gasteiger charge is -2.44. The minimum atomic E-state index is 0.164. The number of benzene rings is 1. The lowest BCUT2D eigenvalue weighted by molar-refractivity contribution is 0.125. The van der Waals surface area contributed by atoms with Crippen molar-refractivity contribution in [2.24, 2.45) is 5.41 Å². The summed E-state index contributed by atoms with van der Waals surface area (Å²) in [5.41, 5.74) is 4.75. The van der Waals surface area contributed by atoms with Crippen LogP contribution < -0.4 is 0 Å². The Balaban J connectivity index is 2.64. The van der Waals surface area contributed by atoms with Crippen molar-refractivity contribution in [2.75, 3.05) is 6.61 Å². The normalized spacial score (nSPS) is 22.8. The van der Waals surface area contributed by atoms with Crippen LogP contribution in [0.1, 0.15) is 58.2 Å². The summed E-state index contributed by atoms with van der Waals surface area (Å²) in [6, 6.07) is 6.76. The minimum absolute atomic E-state index is 0.164. The molecular weight excluding hydrogens is 220 g/mol. The molecule has 0 heterocycles. The highest BCUT2D eigenvalue weighted by Gasteiger charge is 2.56. The molecule has 0 saturated carbocycles. The Morgan fingerprint density at radius 3 is 2.00 bits per heavy atom. The first-order chi connectivity index (χ1) is 8.16. The van der Waals surface area contributed by atoms with Gasteiger partial charge in [-0.2, -0.15) is 0 Å². The lowest BCUT2D eigenvalue weighted by Crippen LogP contribution is -2.42. The number of aliphatic hydroxyl groups excluding tert-OH is 1. The van der Waals surface area contributed by atoms with Gasteiger partial charge in [-0.25, -0.2) is 0 Å². The highest BCUT2D eigenvalue weighted by atomic mass is 16.2. The van der Waals surface area contributed by atoms with Crippen molar-refractivity contribution in [1.29, 1.82) is 0 Å². The van der Waals surface area contributed by atoms with E-state index in [9.17, 15) is 0 Å².